The van der Waals surface area contributed by atoms with Crippen molar-refractivity contribution in [2.24, 2.45) is 0 Å². The topological polar surface area (TPSA) is 64.6 Å². The molecule has 5 aromatic rings. The van der Waals surface area contributed by atoms with Gasteiger partial charge in [0.05, 0.1) is 22.1 Å². The van der Waals surface area contributed by atoms with Crippen LogP contribution in [0.15, 0.2) is 125 Å². The van der Waals surface area contributed by atoms with Crippen LogP contribution < -0.4 is 14.8 Å². The molecule has 1 heterocycles. The molecule has 0 radical (unpaired) electrons. The van der Waals surface area contributed by atoms with Crippen molar-refractivity contribution in [1.82, 2.24) is 4.59 Å². The van der Waals surface area contributed by atoms with E-state index in [4.69, 9.17) is 9.47 Å². The van der Waals surface area contributed by atoms with E-state index in [-0.39, 0.29) is 15.7 Å². The van der Waals surface area contributed by atoms with Gasteiger partial charge in [-0.2, -0.15) is 4.59 Å². The monoisotopic (exact) mass is 661 g/mol. The number of hydrogen-bond donors (Lipinski definition) is 1. The molecule has 1 aliphatic rings. The third-order valence-electron chi connectivity index (χ3n) is 9.51. The summed E-state index contributed by atoms with van der Waals surface area (Å²) in [5.74, 6) is 1.68. The van der Waals surface area contributed by atoms with Crippen LogP contribution in [0.2, 0.25) is 0 Å². The fraction of sp³-hybridized carbons (Fsp3) is 0.268. The molecule has 1 atom stereocenters. The predicted molar refractivity (Wildman–Crippen MR) is 195 cm³/mol. The molecule has 1 aliphatic heterocycles. The maximum atomic E-state index is 13.5. The lowest BCUT2D eigenvalue weighted by Crippen LogP contribution is -2.53. The second-order valence-corrected chi connectivity index (χ2v) is 14.4. The highest BCUT2D eigenvalue weighted by Gasteiger charge is 2.35. The number of unbranched alkanes of at least 4 members (excludes halogenated alkanes) is 1. The predicted octanol–water partition coefficient (Wildman–Crippen LogP) is 9.67. The largest absolute Gasteiger partial charge is 0.456 e. The summed E-state index contributed by atoms with van der Waals surface area (Å²) in [7, 11) is -1.92. The van der Waals surface area contributed by atoms with E-state index in [2.05, 4.69) is 86.9 Å². The second kappa shape index (κ2) is 14.4. The maximum absolute atomic E-state index is 13.5. The fourth-order valence-electron chi connectivity index (χ4n) is 6.82. The van der Waals surface area contributed by atoms with Crippen LogP contribution in [0.5, 0.6) is 11.5 Å². The van der Waals surface area contributed by atoms with Crippen LogP contribution in [0, 0.1) is 0 Å². The lowest BCUT2D eigenvalue weighted by atomic mass is 9.80. The number of aryl methyl sites for hydroxylation is 1. The molecule has 5 aromatic carbocycles. The molecular formula is C41H45N2O4S+. The summed E-state index contributed by atoms with van der Waals surface area (Å²) in [5, 5.41) is 0. The van der Waals surface area contributed by atoms with Gasteiger partial charge in [-0.05, 0) is 85.8 Å². The molecule has 48 heavy (non-hydrogen) atoms. The van der Waals surface area contributed by atoms with E-state index in [1.165, 1.54) is 16.7 Å². The van der Waals surface area contributed by atoms with Crippen LogP contribution in [0.25, 0.3) is 0 Å². The normalized spacial score (nSPS) is 14.1. The summed E-state index contributed by atoms with van der Waals surface area (Å²) in [6, 6.07) is 37.4. The van der Waals surface area contributed by atoms with Crippen molar-refractivity contribution < 1.29 is 17.9 Å². The van der Waals surface area contributed by atoms with Crippen molar-refractivity contribution in [3.05, 3.63) is 143 Å². The highest BCUT2D eigenvalue weighted by atomic mass is 32.2. The van der Waals surface area contributed by atoms with Crippen molar-refractivity contribution in [1.29, 1.82) is 0 Å². The van der Waals surface area contributed by atoms with E-state index in [1.807, 2.05) is 12.1 Å². The van der Waals surface area contributed by atoms with Crippen LogP contribution in [-0.2, 0) is 27.6 Å². The Labute approximate surface area is 285 Å². The first-order valence-corrected chi connectivity index (χ1v) is 18.4. The van der Waals surface area contributed by atoms with Gasteiger partial charge in [-0.25, -0.2) is 13.8 Å². The lowest BCUT2D eigenvalue weighted by molar-refractivity contribution is 0.184. The molecule has 0 saturated heterocycles. The Bertz CT molecular complexity index is 1990. The van der Waals surface area contributed by atoms with Gasteiger partial charge in [0.2, 0.25) is 9.84 Å². The average Bonchev–Trinajstić information content (AvgIpc) is 3.13. The number of hydrogen-bond acceptors (Lipinski definition) is 5. The molecule has 6 nitrogen and oxygen atoms in total. The number of benzene rings is 5. The van der Waals surface area contributed by atoms with E-state index in [1.54, 1.807) is 49.6 Å². The van der Waals surface area contributed by atoms with Gasteiger partial charge >= 0.3 is 0 Å². The molecular weight excluding hydrogens is 617 g/mol. The average molecular weight is 662 g/mol. The number of methoxy groups -OCH3 is 1. The summed E-state index contributed by atoms with van der Waals surface area (Å²) in [6.45, 7) is 8.48. The first-order valence-electron chi connectivity index (χ1n) is 16.9. The van der Waals surface area contributed by atoms with Crippen LogP contribution in [0.4, 0.5) is 11.4 Å². The third kappa shape index (κ3) is 6.50. The first kappa shape index (κ1) is 33.5. The van der Waals surface area contributed by atoms with Gasteiger partial charge < -0.3 is 9.47 Å². The number of nitrogens with zero attached hydrogens (tertiary/aromatic N) is 1. The Morgan fingerprint density at radius 2 is 1.48 bits per heavy atom. The molecule has 0 bridgehead atoms. The standard InChI is InChI=1S/C41H45N2O4S/c1-5-8-15-30-22-25-39-38(26-30)41(36-21-13-12-16-31(36)29-46-4)37-24-23-33(28-40(37)47-39)43(6-2,7-3)42-32-17-14-20-35(27-32)48(44,45)34-18-10-9-11-19-34/h9-14,16-28,41-42H,5-8,15,29H2,1-4H3/q+1. The van der Waals surface area contributed by atoms with E-state index in [9.17, 15) is 8.42 Å². The summed E-state index contributed by atoms with van der Waals surface area (Å²) >= 11 is 0. The van der Waals surface area contributed by atoms with Crippen molar-refractivity contribution >= 4 is 21.2 Å². The van der Waals surface area contributed by atoms with Gasteiger partial charge in [-0.15, -0.1) is 0 Å². The van der Waals surface area contributed by atoms with Gasteiger partial charge in [-0.1, -0.05) is 74.0 Å². The minimum absolute atomic E-state index is 0.0105. The summed E-state index contributed by atoms with van der Waals surface area (Å²) < 4.78 is 39.7. The zero-order valence-corrected chi connectivity index (χ0v) is 29.1. The van der Waals surface area contributed by atoms with Gasteiger partial charge in [0.15, 0.2) is 5.69 Å². The molecule has 0 aliphatic carbocycles. The Morgan fingerprint density at radius 1 is 0.729 bits per heavy atom. The SMILES string of the molecule is CCCCc1ccc2c(c1)C(c1ccccc1COC)c1ccc([N+](CC)(CC)Nc3cccc(S(=O)(=O)c4ccccc4)c3)cc1O2. The molecule has 0 spiro atoms. The smallest absolute Gasteiger partial charge is 0.206 e. The molecule has 0 amide bonds. The van der Waals surface area contributed by atoms with E-state index < -0.39 is 9.84 Å². The number of quaternary nitrogens is 1. The lowest BCUT2D eigenvalue weighted by Gasteiger charge is -2.37. The van der Waals surface area contributed by atoms with Crippen molar-refractivity contribution in [2.75, 3.05) is 25.6 Å². The number of sulfone groups is 1. The highest BCUT2D eigenvalue weighted by Crippen LogP contribution is 2.50. The van der Waals surface area contributed by atoms with Crippen LogP contribution in [0.3, 0.4) is 0 Å². The molecule has 0 aromatic heterocycles. The molecule has 6 rings (SSSR count). The summed E-state index contributed by atoms with van der Waals surface area (Å²) in [5.41, 5.74) is 11.4. The van der Waals surface area contributed by atoms with Gasteiger partial charge in [0, 0.05) is 36.3 Å². The number of anilines is 1. The molecule has 7 heteroatoms. The van der Waals surface area contributed by atoms with Crippen molar-refractivity contribution in [3.8, 4) is 11.5 Å². The minimum atomic E-state index is -3.66. The van der Waals surface area contributed by atoms with Crippen LogP contribution >= 0.6 is 0 Å². The first-order chi connectivity index (χ1) is 23.3. The number of rotatable bonds is 13. The van der Waals surface area contributed by atoms with Gasteiger partial charge in [-0.3, -0.25) is 0 Å². The Kier molecular flexibility index (Phi) is 10.0. The quantitative estimate of drug-likeness (QED) is 0.0987. The van der Waals surface area contributed by atoms with Gasteiger partial charge in [0.1, 0.15) is 24.6 Å². The molecule has 248 valence electrons. The van der Waals surface area contributed by atoms with Gasteiger partial charge in [0.25, 0.3) is 0 Å². The maximum Gasteiger partial charge on any atom is 0.206 e. The minimum Gasteiger partial charge on any atom is -0.456 e. The molecule has 1 N–H and O–H groups in total. The zero-order chi connectivity index (χ0) is 33.7. The molecule has 0 fully saturated rings. The Morgan fingerprint density at radius 3 is 2.23 bits per heavy atom. The summed E-state index contributed by atoms with van der Waals surface area (Å²) in [4.78, 5) is 0.533. The zero-order valence-electron chi connectivity index (χ0n) is 28.3. The Hall–Kier alpha value is -4.43. The van der Waals surface area contributed by atoms with Crippen molar-refractivity contribution in [2.45, 2.75) is 62.3 Å². The van der Waals surface area contributed by atoms with E-state index in [0.717, 1.165) is 66.4 Å². The van der Waals surface area contributed by atoms with Crippen molar-refractivity contribution in [3.63, 3.8) is 0 Å². The van der Waals surface area contributed by atoms with E-state index >= 15 is 0 Å². The molecule has 1 unspecified atom stereocenters. The van der Waals surface area contributed by atoms with Crippen LogP contribution in [0.1, 0.15) is 67.3 Å². The number of ether oxygens (including phenoxy) is 2. The van der Waals surface area contributed by atoms with Crippen LogP contribution in [-0.4, -0.2) is 28.6 Å². The second-order valence-electron chi connectivity index (χ2n) is 12.4. The Balaban J connectivity index is 1.41. The molecule has 0 saturated carbocycles. The summed E-state index contributed by atoms with van der Waals surface area (Å²) in [6.07, 6.45) is 3.33. The number of fused-ring (bicyclic) bond motifs is 2. The fourth-order valence-corrected chi connectivity index (χ4v) is 8.15. The third-order valence-corrected chi connectivity index (χ3v) is 11.3. The van der Waals surface area contributed by atoms with E-state index in [0.29, 0.717) is 11.2 Å². The number of nitrogens with one attached hydrogen (secondary N) is 1. The highest BCUT2D eigenvalue weighted by molar-refractivity contribution is 7.91.